The molecular formula is C15H21NO2. The zero-order chi connectivity index (χ0) is 13.1. The quantitative estimate of drug-likeness (QED) is 0.859. The number of carbonyl (C=O) groups is 1. The van der Waals surface area contributed by atoms with Gasteiger partial charge in [0.1, 0.15) is 0 Å². The summed E-state index contributed by atoms with van der Waals surface area (Å²) in [5, 5.41) is 13.2. The van der Waals surface area contributed by atoms with E-state index < -0.39 is 6.10 Å². The van der Waals surface area contributed by atoms with Crippen molar-refractivity contribution in [3.8, 4) is 0 Å². The number of hydrogen-bond donors (Lipinski definition) is 2. The first-order valence-corrected chi connectivity index (χ1v) is 6.76. The second-order valence-electron chi connectivity index (χ2n) is 4.99. The van der Waals surface area contributed by atoms with Gasteiger partial charge < -0.3 is 10.4 Å². The minimum absolute atomic E-state index is 0.0794. The number of aryl methyl sites for hydroxylation is 1. The molecule has 1 aromatic carbocycles. The minimum Gasteiger partial charge on any atom is -0.388 e. The van der Waals surface area contributed by atoms with Crippen LogP contribution in [0.25, 0.3) is 0 Å². The number of nitrogens with one attached hydrogen (secondary N) is 1. The second-order valence-corrected chi connectivity index (χ2v) is 4.99. The Morgan fingerprint density at radius 1 is 1.28 bits per heavy atom. The van der Waals surface area contributed by atoms with Crippen LogP contribution in [0.3, 0.4) is 0 Å². The van der Waals surface area contributed by atoms with Crippen LogP contribution < -0.4 is 5.32 Å². The Morgan fingerprint density at radius 2 is 2.00 bits per heavy atom. The molecule has 2 rings (SSSR count). The fourth-order valence-electron chi connectivity index (χ4n) is 2.59. The van der Waals surface area contributed by atoms with Crippen LogP contribution in [-0.4, -0.2) is 11.0 Å². The maximum Gasteiger partial charge on any atom is 0.224 e. The Hall–Kier alpha value is -1.35. The van der Waals surface area contributed by atoms with Gasteiger partial charge in [-0.15, -0.1) is 0 Å². The van der Waals surface area contributed by atoms with Crippen molar-refractivity contribution in [3.63, 3.8) is 0 Å². The van der Waals surface area contributed by atoms with E-state index in [-0.39, 0.29) is 5.91 Å². The number of hydrogen-bond acceptors (Lipinski definition) is 2. The SMILES string of the molecule is CCC(CC)C(O)c1ccc2c(c1)CCC(=O)N2. The van der Waals surface area contributed by atoms with E-state index in [1.807, 2.05) is 18.2 Å². The van der Waals surface area contributed by atoms with Gasteiger partial charge in [0.05, 0.1) is 6.10 Å². The van der Waals surface area contributed by atoms with E-state index in [2.05, 4.69) is 19.2 Å². The number of anilines is 1. The third kappa shape index (κ3) is 2.56. The topological polar surface area (TPSA) is 49.3 Å². The summed E-state index contributed by atoms with van der Waals surface area (Å²) in [6.07, 6.45) is 2.86. The number of aliphatic hydroxyl groups is 1. The van der Waals surface area contributed by atoms with Gasteiger partial charge in [0.25, 0.3) is 0 Å². The van der Waals surface area contributed by atoms with Gasteiger partial charge in [-0.1, -0.05) is 38.8 Å². The molecule has 0 bridgehead atoms. The smallest absolute Gasteiger partial charge is 0.224 e. The van der Waals surface area contributed by atoms with Gasteiger partial charge in [0.15, 0.2) is 0 Å². The molecule has 3 heteroatoms. The first kappa shape index (κ1) is 13.1. The molecule has 0 fully saturated rings. The molecule has 0 saturated carbocycles. The molecule has 0 saturated heterocycles. The average molecular weight is 247 g/mol. The largest absolute Gasteiger partial charge is 0.388 e. The lowest BCUT2D eigenvalue weighted by Gasteiger charge is -2.23. The van der Waals surface area contributed by atoms with Crippen LogP contribution in [0.2, 0.25) is 0 Å². The normalized spacial score (nSPS) is 16.3. The van der Waals surface area contributed by atoms with E-state index in [9.17, 15) is 9.90 Å². The molecule has 0 aromatic heterocycles. The monoisotopic (exact) mass is 247 g/mol. The van der Waals surface area contributed by atoms with Gasteiger partial charge >= 0.3 is 0 Å². The van der Waals surface area contributed by atoms with E-state index in [4.69, 9.17) is 0 Å². The second kappa shape index (κ2) is 5.53. The molecule has 2 N–H and O–H groups in total. The molecule has 0 aliphatic carbocycles. The van der Waals surface area contributed by atoms with Crippen molar-refractivity contribution in [3.05, 3.63) is 29.3 Å². The summed E-state index contributed by atoms with van der Waals surface area (Å²) in [4.78, 5) is 11.3. The fraction of sp³-hybridized carbons (Fsp3) is 0.533. The molecule has 98 valence electrons. The zero-order valence-corrected chi connectivity index (χ0v) is 11.1. The van der Waals surface area contributed by atoms with Crippen molar-refractivity contribution < 1.29 is 9.90 Å². The maximum absolute atomic E-state index is 11.3. The third-order valence-corrected chi connectivity index (χ3v) is 3.86. The van der Waals surface area contributed by atoms with Crippen LogP contribution in [0.1, 0.15) is 50.3 Å². The molecule has 1 atom stereocenters. The van der Waals surface area contributed by atoms with Crippen molar-refractivity contribution in [1.29, 1.82) is 0 Å². The van der Waals surface area contributed by atoms with E-state index in [1.165, 1.54) is 0 Å². The molecule has 0 spiro atoms. The summed E-state index contributed by atoms with van der Waals surface area (Å²) in [7, 11) is 0. The summed E-state index contributed by atoms with van der Waals surface area (Å²) in [5.74, 6) is 0.386. The first-order chi connectivity index (χ1) is 8.65. The number of carbonyl (C=O) groups excluding carboxylic acids is 1. The highest BCUT2D eigenvalue weighted by Gasteiger charge is 2.20. The summed E-state index contributed by atoms with van der Waals surface area (Å²) < 4.78 is 0. The summed E-state index contributed by atoms with van der Waals surface area (Å²) in [6.45, 7) is 4.21. The number of benzene rings is 1. The van der Waals surface area contributed by atoms with Gasteiger partial charge in [0, 0.05) is 12.1 Å². The molecular weight excluding hydrogens is 226 g/mol. The van der Waals surface area contributed by atoms with Gasteiger partial charge in [0.2, 0.25) is 5.91 Å². The van der Waals surface area contributed by atoms with Crippen LogP contribution in [0.5, 0.6) is 0 Å². The summed E-state index contributed by atoms with van der Waals surface area (Å²) in [6, 6.07) is 5.87. The average Bonchev–Trinajstić information content (AvgIpc) is 2.39. The summed E-state index contributed by atoms with van der Waals surface area (Å²) in [5.41, 5.74) is 3.00. The lowest BCUT2D eigenvalue weighted by Crippen LogP contribution is -2.19. The third-order valence-electron chi connectivity index (χ3n) is 3.86. The van der Waals surface area contributed by atoms with Crippen LogP contribution >= 0.6 is 0 Å². The van der Waals surface area contributed by atoms with E-state index in [0.717, 1.165) is 36.1 Å². The lowest BCUT2D eigenvalue weighted by atomic mass is 9.89. The van der Waals surface area contributed by atoms with Gasteiger partial charge in [-0.25, -0.2) is 0 Å². The molecule has 1 aliphatic rings. The highest BCUT2D eigenvalue weighted by Crippen LogP contribution is 2.31. The first-order valence-electron chi connectivity index (χ1n) is 6.76. The van der Waals surface area contributed by atoms with Crippen LogP contribution in [0.4, 0.5) is 5.69 Å². The number of amides is 1. The molecule has 1 unspecified atom stereocenters. The van der Waals surface area contributed by atoms with Gasteiger partial charge in [-0.05, 0) is 29.5 Å². The predicted molar refractivity (Wildman–Crippen MR) is 72.4 cm³/mol. The Kier molecular flexibility index (Phi) is 4.02. The van der Waals surface area contributed by atoms with Crippen LogP contribution in [0, 0.1) is 5.92 Å². The standard InChI is InChI=1S/C15H21NO2/c1-3-10(4-2)15(18)12-5-7-13-11(9-12)6-8-14(17)16-13/h5,7,9-10,15,18H,3-4,6,8H2,1-2H3,(H,16,17). The lowest BCUT2D eigenvalue weighted by molar-refractivity contribution is -0.116. The van der Waals surface area contributed by atoms with Crippen LogP contribution in [-0.2, 0) is 11.2 Å². The highest BCUT2D eigenvalue weighted by molar-refractivity contribution is 5.93. The fourth-order valence-corrected chi connectivity index (χ4v) is 2.59. The van der Waals surface area contributed by atoms with Gasteiger partial charge in [-0.3, -0.25) is 4.79 Å². The molecule has 1 aromatic rings. The Bertz CT molecular complexity index is 438. The molecule has 1 amide bonds. The Morgan fingerprint density at radius 3 is 2.67 bits per heavy atom. The number of aliphatic hydroxyl groups excluding tert-OH is 1. The van der Waals surface area contributed by atoms with Crippen molar-refractivity contribution in [2.24, 2.45) is 5.92 Å². The molecule has 18 heavy (non-hydrogen) atoms. The minimum atomic E-state index is -0.400. The zero-order valence-electron chi connectivity index (χ0n) is 11.1. The Balaban J connectivity index is 2.23. The Labute approximate surface area is 108 Å². The van der Waals surface area contributed by atoms with E-state index >= 15 is 0 Å². The molecule has 3 nitrogen and oxygen atoms in total. The summed E-state index contributed by atoms with van der Waals surface area (Å²) >= 11 is 0. The molecule has 1 heterocycles. The van der Waals surface area contributed by atoms with Crippen molar-refractivity contribution >= 4 is 11.6 Å². The number of fused-ring (bicyclic) bond motifs is 1. The van der Waals surface area contributed by atoms with E-state index in [1.54, 1.807) is 0 Å². The molecule has 0 radical (unpaired) electrons. The molecule has 1 aliphatic heterocycles. The number of rotatable bonds is 4. The van der Waals surface area contributed by atoms with Crippen LogP contribution in [0.15, 0.2) is 18.2 Å². The highest BCUT2D eigenvalue weighted by atomic mass is 16.3. The van der Waals surface area contributed by atoms with E-state index in [0.29, 0.717) is 12.3 Å². The maximum atomic E-state index is 11.3. The predicted octanol–water partition coefficient (Wildman–Crippen LogP) is 3.04. The van der Waals surface area contributed by atoms with Crippen molar-refractivity contribution in [2.75, 3.05) is 5.32 Å². The van der Waals surface area contributed by atoms with Crippen molar-refractivity contribution in [2.45, 2.75) is 45.6 Å². The van der Waals surface area contributed by atoms with Gasteiger partial charge in [-0.2, -0.15) is 0 Å². The van der Waals surface area contributed by atoms with Crippen molar-refractivity contribution in [1.82, 2.24) is 0 Å².